The van der Waals surface area contributed by atoms with Gasteiger partial charge in [-0.3, -0.25) is 0 Å². The highest BCUT2D eigenvalue weighted by Gasteiger charge is 2.59. The Morgan fingerprint density at radius 2 is 1.19 bits per heavy atom. The Bertz CT molecular complexity index is 492. The van der Waals surface area contributed by atoms with Crippen LogP contribution in [0.1, 0.15) is 110 Å². The summed E-state index contributed by atoms with van der Waals surface area (Å²) in [6, 6.07) is 0. The van der Waals surface area contributed by atoms with Gasteiger partial charge in [-0.05, 0) is 63.1 Å². The molecule has 0 N–H and O–H groups in total. The Morgan fingerprint density at radius 3 is 1.59 bits per heavy atom. The highest BCUT2D eigenvalue weighted by atomic mass is 14.6. The first-order valence-corrected chi connectivity index (χ1v) is 11.9. The van der Waals surface area contributed by atoms with Crippen LogP contribution in [0, 0.1) is 63.1 Å². The fourth-order valence-corrected chi connectivity index (χ4v) is 6.86. The van der Waals surface area contributed by atoms with E-state index < -0.39 is 0 Å². The third kappa shape index (κ3) is 3.77. The van der Waals surface area contributed by atoms with Crippen LogP contribution in [0.15, 0.2) is 0 Å². The Hall–Kier alpha value is 0. The van der Waals surface area contributed by atoms with Gasteiger partial charge >= 0.3 is 0 Å². The lowest BCUT2D eigenvalue weighted by molar-refractivity contribution is -0.0684. The molecule has 0 heterocycles. The molecule has 1 rings (SSSR count). The minimum Gasteiger partial charge on any atom is -0.0651 e. The summed E-state index contributed by atoms with van der Waals surface area (Å²) in [5.41, 5.74) is 1.38. The molecule has 1 aliphatic carbocycles. The molecule has 0 spiro atoms. The van der Waals surface area contributed by atoms with Gasteiger partial charge in [0.15, 0.2) is 0 Å². The summed E-state index contributed by atoms with van der Waals surface area (Å²) in [4.78, 5) is 0. The van der Waals surface area contributed by atoms with Crippen molar-refractivity contribution in [1.82, 2.24) is 0 Å². The van der Waals surface area contributed by atoms with Gasteiger partial charge < -0.3 is 0 Å². The number of hydrogen-bond acceptors (Lipinski definition) is 0. The van der Waals surface area contributed by atoms with Gasteiger partial charge in [-0.1, -0.05) is 110 Å². The van der Waals surface area contributed by atoms with Crippen molar-refractivity contribution in [2.75, 3.05) is 0 Å². The van der Waals surface area contributed by atoms with Crippen molar-refractivity contribution in [3.05, 3.63) is 0 Å². The van der Waals surface area contributed by atoms with Crippen molar-refractivity contribution in [3.63, 3.8) is 0 Å². The van der Waals surface area contributed by atoms with Crippen molar-refractivity contribution in [3.8, 4) is 0 Å². The zero-order valence-electron chi connectivity index (χ0n) is 21.7. The first-order chi connectivity index (χ1) is 11.9. The quantitative estimate of drug-likeness (QED) is 0.419. The highest BCUT2D eigenvalue weighted by molar-refractivity contribution is 5.07. The Kier molecular flexibility index (Phi) is 7.12. The van der Waals surface area contributed by atoms with E-state index in [4.69, 9.17) is 0 Å². The molecule has 1 fully saturated rings. The molecule has 7 unspecified atom stereocenters. The molecule has 27 heavy (non-hydrogen) atoms. The summed E-state index contributed by atoms with van der Waals surface area (Å²) in [6.07, 6.45) is 1.28. The van der Waals surface area contributed by atoms with Crippen LogP contribution in [0.2, 0.25) is 0 Å². The molecule has 7 atom stereocenters. The number of hydrogen-bond donors (Lipinski definition) is 0. The maximum atomic E-state index is 2.60. The summed E-state index contributed by atoms with van der Waals surface area (Å²) < 4.78 is 0. The number of rotatable bonds is 5. The van der Waals surface area contributed by atoms with Crippen LogP contribution in [0.25, 0.3) is 0 Å². The molecule has 0 aromatic rings. The fraction of sp³-hybridized carbons (Fsp3) is 1.00. The van der Waals surface area contributed by atoms with Gasteiger partial charge in [-0.2, -0.15) is 0 Å². The van der Waals surface area contributed by atoms with Gasteiger partial charge in [-0.25, -0.2) is 0 Å². The van der Waals surface area contributed by atoms with E-state index in [1.165, 1.54) is 6.42 Å². The second-order valence-corrected chi connectivity index (χ2v) is 12.9. The lowest BCUT2D eigenvalue weighted by Crippen LogP contribution is -2.49. The van der Waals surface area contributed by atoms with Gasteiger partial charge in [-0.15, -0.1) is 0 Å². The van der Waals surface area contributed by atoms with Gasteiger partial charge in [0.05, 0.1) is 0 Å². The van der Waals surface area contributed by atoms with Crippen LogP contribution in [0.4, 0.5) is 0 Å². The van der Waals surface area contributed by atoms with Crippen LogP contribution in [0.3, 0.4) is 0 Å². The summed E-state index contributed by atoms with van der Waals surface area (Å²) in [5.74, 6) is 5.10. The normalized spacial score (nSPS) is 36.6. The van der Waals surface area contributed by atoms with Crippen LogP contribution in [-0.4, -0.2) is 0 Å². The van der Waals surface area contributed by atoms with E-state index in [-0.39, 0.29) is 0 Å². The lowest BCUT2D eigenvalue weighted by Gasteiger charge is -2.55. The van der Waals surface area contributed by atoms with E-state index in [0.29, 0.717) is 21.7 Å². The van der Waals surface area contributed by atoms with Crippen LogP contribution < -0.4 is 0 Å². The van der Waals surface area contributed by atoms with Gasteiger partial charge in [0.2, 0.25) is 0 Å². The predicted octanol–water partition coefficient (Wildman–Crippen LogP) is 8.95. The van der Waals surface area contributed by atoms with Crippen molar-refractivity contribution < 1.29 is 0 Å². The molecular formula is C27H54. The van der Waals surface area contributed by atoms with Crippen molar-refractivity contribution in [2.24, 2.45) is 63.1 Å². The molecule has 0 aromatic heterocycles. The second kappa shape index (κ2) is 7.68. The largest absolute Gasteiger partial charge is 0.0651 e. The molecule has 0 radical (unpaired) electrons. The van der Waals surface area contributed by atoms with Crippen LogP contribution in [0.5, 0.6) is 0 Å². The molecule has 162 valence electrons. The monoisotopic (exact) mass is 378 g/mol. The maximum absolute atomic E-state index is 2.60. The molecule has 0 amide bonds. The Labute approximate surface area is 173 Å². The molecular weight excluding hydrogens is 324 g/mol. The topological polar surface area (TPSA) is 0 Å². The van der Waals surface area contributed by atoms with Crippen molar-refractivity contribution in [2.45, 2.75) is 110 Å². The highest BCUT2D eigenvalue weighted by Crippen LogP contribution is 2.65. The van der Waals surface area contributed by atoms with Gasteiger partial charge in [0.25, 0.3) is 0 Å². The Morgan fingerprint density at radius 1 is 0.741 bits per heavy atom. The van der Waals surface area contributed by atoms with E-state index in [9.17, 15) is 0 Å². The zero-order chi connectivity index (χ0) is 21.7. The molecule has 0 aliphatic heterocycles. The molecule has 0 bridgehead atoms. The minimum atomic E-state index is 0.313. The molecule has 0 saturated heterocycles. The van der Waals surface area contributed by atoms with Crippen LogP contribution >= 0.6 is 0 Å². The van der Waals surface area contributed by atoms with Crippen molar-refractivity contribution >= 4 is 0 Å². The lowest BCUT2D eigenvalue weighted by atomic mass is 9.50. The molecule has 0 aromatic carbocycles. The average Bonchev–Trinajstić information content (AvgIpc) is 2.59. The van der Waals surface area contributed by atoms with Crippen molar-refractivity contribution in [1.29, 1.82) is 0 Å². The smallest absolute Gasteiger partial charge is 0.0267 e. The molecule has 0 nitrogen and oxygen atoms in total. The third-order valence-corrected chi connectivity index (χ3v) is 11.7. The summed E-state index contributed by atoms with van der Waals surface area (Å²) in [6.45, 7) is 38.1. The fourth-order valence-electron chi connectivity index (χ4n) is 6.86. The first-order valence-electron chi connectivity index (χ1n) is 11.9. The molecule has 1 aliphatic rings. The average molecular weight is 379 g/mol. The van der Waals surface area contributed by atoms with Crippen LogP contribution in [-0.2, 0) is 0 Å². The maximum Gasteiger partial charge on any atom is -0.0267 e. The van der Waals surface area contributed by atoms with E-state index in [0.717, 1.165) is 41.4 Å². The standard InChI is InChI=1S/C27H54/c1-16-17(2)24(8,9)19(4)18(3)23-22(7)25(10,11)20(5)21(6)26(12,13)27(23,14)15/h17-23H,16H2,1-15H3. The first kappa shape index (κ1) is 25.0. The molecule has 0 heteroatoms. The second-order valence-electron chi connectivity index (χ2n) is 12.9. The SMILES string of the molecule is CCC(C)C(C)(C)C(C)C(C)C1C(C)C(C)(C)C(C)C(C)C(C)(C)C1(C)C. The van der Waals surface area contributed by atoms with Gasteiger partial charge in [0.1, 0.15) is 0 Å². The summed E-state index contributed by atoms with van der Waals surface area (Å²) >= 11 is 0. The summed E-state index contributed by atoms with van der Waals surface area (Å²) in [7, 11) is 0. The minimum absolute atomic E-state index is 0.313. The van der Waals surface area contributed by atoms with E-state index in [2.05, 4.69) is 104 Å². The molecule has 1 saturated carbocycles. The van der Waals surface area contributed by atoms with E-state index >= 15 is 0 Å². The Balaban J connectivity index is 3.53. The van der Waals surface area contributed by atoms with Gasteiger partial charge in [0, 0.05) is 0 Å². The summed E-state index contributed by atoms with van der Waals surface area (Å²) in [5, 5.41) is 0. The third-order valence-electron chi connectivity index (χ3n) is 11.7. The van der Waals surface area contributed by atoms with E-state index in [1.54, 1.807) is 0 Å². The van der Waals surface area contributed by atoms with E-state index in [1.807, 2.05) is 0 Å². The predicted molar refractivity (Wildman–Crippen MR) is 124 cm³/mol. The zero-order valence-corrected chi connectivity index (χ0v) is 21.7.